The Hall–Kier alpha value is -0.490. The lowest BCUT2D eigenvalue weighted by molar-refractivity contribution is -0.111. The van der Waals surface area contributed by atoms with Gasteiger partial charge in [-0.1, -0.05) is 0 Å². The van der Waals surface area contributed by atoms with Gasteiger partial charge in [-0.05, 0) is 0 Å². The van der Waals surface area contributed by atoms with Crippen molar-refractivity contribution in [3.05, 3.63) is 0 Å². The molecular formula is C5H12N2O3. The molecule has 0 aromatic carbocycles. The highest BCUT2D eigenvalue weighted by molar-refractivity contribution is 5.58. The Kier molecular flexibility index (Phi) is 4.13. The third-order valence-electron chi connectivity index (χ3n) is 1.20. The van der Waals surface area contributed by atoms with Crippen LogP contribution >= 0.6 is 0 Å². The second-order valence-corrected chi connectivity index (χ2v) is 2.05. The van der Waals surface area contributed by atoms with Crippen LogP contribution in [0.2, 0.25) is 0 Å². The van der Waals surface area contributed by atoms with Crippen molar-refractivity contribution in [3.63, 3.8) is 0 Å². The van der Waals surface area contributed by atoms with Crippen molar-refractivity contribution in [1.82, 2.24) is 0 Å². The number of carbonyl (C=O) groups is 1. The number of rotatable bonds is 4. The van der Waals surface area contributed by atoms with Crippen LogP contribution in [0.15, 0.2) is 0 Å². The summed E-state index contributed by atoms with van der Waals surface area (Å²) in [5, 5.41) is 17.3. The summed E-state index contributed by atoms with van der Waals surface area (Å²) in [7, 11) is 0. The van der Waals surface area contributed by atoms with Crippen molar-refractivity contribution in [2.24, 2.45) is 11.5 Å². The van der Waals surface area contributed by atoms with Crippen molar-refractivity contribution in [3.8, 4) is 0 Å². The van der Waals surface area contributed by atoms with E-state index >= 15 is 0 Å². The third-order valence-corrected chi connectivity index (χ3v) is 1.20. The topological polar surface area (TPSA) is 110 Å². The Labute approximate surface area is 58.6 Å². The van der Waals surface area contributed by atoms with Gasteiger partial charge in [0, 0.05) is 0 Å². The first-order chi connectivity index (χ1) is 4.63. The zero-order valence-corrected chi connectivity index (χ0v) is 5.47. The SMILES string of the molecule is NC(C=O)C(O)C(N)CO. The van der Waals surface area contributed by atoms with Crippen LogP contribution in [-0.2, 0) is 4.79 Å². The molecule has 0 aromatic rings. The molecule has 5 nitrogen and oxygen atoms in total. The van der Waals surface area contributed by atoms with E-state index in [2.05, 4.69) is 0 Å². The van der Waals surface area contributed by atoms with Gasteiger partial charge in [-0.25, -0.2) is 0 Å². The highest BCUT2D eigenvalue weighted by atomic mass is 16.3. The molecule has 0 saturated carbocycles. The fourth-order valence-electron chi connectivity index (χ4n) is 0.474. The van der Waals surface area contributed by atoms with Crippen molar-refractivity contribution in [1.29, 1.82) is 0 Å². The average molecular weight is 148 g/mol. The lowest BCUT2D eigenvalue weighted by atomic mass is 10.1. The van der Waals surface area contributed by atoms with Crippen molar-refractivity contribution in [2.75, 3.05) is 6.61 Å². The third kappa shape index (κ3) is 2.40. The van der Waals surface area contributed by atoms with Crippen LogP contribution in [0.1, 0.15) is 0 Å². The number of aliphatic hydroxyl groups is 2. The zero-order chi connectivity index (χ0) is 8.15. The molecule has 0 amide bonds. The first-order valence-corrected chi connectivity index (χ1v) is 2.89. The summed E-state index contributed by atoms with van der Waals surface area (Å²) in [6, 6.07) is -1.86. The molecule has 0 spiro atoms. The molecule has 5 heteroatoms. The lowest BCUT2D eigenvalue weighted by Crippen LogP contribution is -2.49. The van der Waals surface area contributed by atoms with Crippen LogP contribution in [-0.4, -0.2) is 41.3 Å². The molecule has 0 bridgehead atoms. The summed E-state index contributed by atoms with van der Waals surface area (Å²) in [5.41, 5.74) is 10.2. The molecule has 0 aliphatic carbocycles. The number of aliphatic hydroxyl groups excluding tert-OH is 2. The molecule has 10 heavy (non-hydrogen) atoms. The van der Waals surface area contributed by atoms with Gasteiger partial charge in [0.25, 0.3) is 0 Å². The van der Waals surface area contributed by atoms with Gasteiger partial charge in [-0.15, -0.1) is 0 Å². The Morgan fingerprint density at radius 3 is 2.30 bits per heavy atom. The van der Waals surface area contributed by atoms with Gasteiger partial charge >= 0.3 is 0 Å². The van der Waals surface area contributed by atoms with Crippen molar-refractivity contribution in [2.45, 2.75) is 18.2 Å². The van der Waals surface area contributed by atoms with Crippen LogP contribution in [0.25, 0.3) is 0 Å². The molecule has 0 radical (unpaired) electrons. The minimum absolute atomic E-state index is 0.386. The normalized spacial score (nSPS) is 19.6. The summed E-state index contributed by atoms with van der Waals surface area (Å²) in [4.78, 5) is 9.94. The second-order valence-electron chi connectivity index (χ2n) is 2.05. The highest BCUT2D eigenvalue weighted by Crippen LogP contribution is 1.91. The number of hydrogen-bond acceptors (Lipinski definition) is 5. The fraction of sp³-hybridized carbons (Fsp3) is 0.800. The lowest BCUT2D eigenvalue weighted by Gasteiger charge is -2.18. The van der Waals surface area contributed by atoms with Crippen molar-refractivity contribution < 1.29 is 15.0 Å². The van der Waals surface area contributed by atoms with Crippen LogP contribution in [0.4, 0.5) is 0 Å². The standard InChI is InChI=1S/C5H12N2O3/c6-3(1-8)5(10)4(7)2-9/h1,3-5,9-10H,2,6-7H2. The zero-order valence-electron chi connectivity index (χ0n) is 5.47. The van der Waals surface area contributed by atoms with E-state index in [4.69, 9.17) is 21.7 Å². The Morgan fingerprint density at radius 2 is 2.00 bits per heavy atom. The van der Waals surface area contributed by atoms with Gasteiger partial charge in [0.15, 0.2) is 0 Å². The molecule has 0 saturated heterocycles. The molecule has 0 heterocycles. The number of carbonyl (C=O) groups excluding carboxylic acids is 1. The maximum Gasteiger partial charge on any atom is 0.139 e. The molecular weight excluding hydrogens is 136 g/mol. The van der Waals surface area contributed by atoms with Gasteiger partial charge in [0.2, 0.25) is 0 Å². The van der Waals surface area contributed by atoms with Crippen LogP contribution < -0.4 is 11.5 Å². The molecule has 0 aliphatic heterocycles. The average Bonchev–Trinajstić information content (AvgIpc) is 2.00. The number of nitrogens with two attached hydrogens (primary N) is 2. The van der Waals surface area contributed by atoms with Gasteiger partial charge in [0.05, 0.1) is 24.8 Å². The Morgan fingerprint density at radius 1 is 1.50 bits per heavy atom. The van der Waals surface area contributed by atoms with E-state index < -0.39 is 18.2 Å². The quantitative estimate of drug-likeness (QED) is 0.322. The number of aldehydes is 1. The van der Waals surface area contributed by atoms with E-state index in [-0.39, 0.29) is 6.61 Å². The van der Waals surface area contributed by atoms with Gasteiger partial charge in [0.1, 0.15) is 6.29 Å². The summed E-state index contributed by atoms with van der Waals surface area (Å²) >= 11 is 0. The van der Waals surface area contributed by atoms with Gasteiger partial charge in [-0.3, -0.25) is 0 Å². The van der Waals surface area contributed by atoms with E-state index in [0.717, 1.165) is 0 Å². The first-order valence-electron chi connectivity index (χ1n) is 2.89. The van der Waals surface area contributed by atoms with Crippen LogP contribution in [0.3, 0.4) is 0 Å². The monoisotopic (exact) mass is 148 g/mol. The molecule has 0 aromatic heterocycles. The van der Waals surface area contributed by atoms with Crippen molar-refractivity contribution >= 4 is 6.29 Å². The fourth-order valence-corrected chi connectivity index (χ4v) is 0.474. The summed E-state index contributed by atoms with van der Waals surface area (Å²) in [6.07, 6.45) is -0.775. The number of hydrogen-bond donors (Lipinski definition) is 4. The predicted octanol–water partition coefficient (Wildman–Crippen LogP) is -2.81. The summed E-state index contributed by atoms with van der Waals surface area (Å²) in [6.45, 7) is -0.386. The summed E-state index contributed by atoms with van der Waals surface area (Å²) < 4.78 is 0. The van der Waals surface area contributed by atoms with E-state index in [0.29, 0.717) is 6.29 Å². The molecule has 0 aliphatic rings. The maximum absolute atomic E-state index is 9.94. The Bertz CT molecular complexity index is 109. The molecule has 60 valence electrons. The largest absolute Gasteiger partial charge is 0.395 e. The van der Waals surface area contributed by atoms with Crippen LogP contribution in [0.5, 0.6) is 0 Å². The maximum atomic E-state index is 9.94. The molecule has 0 fully saturated rings. The second kappa shape index (κ2) is 4.35. The first kappa shape index (κ1) is 9.51. The van der Waals surface area contributed by atoms with Gasteiger partial charge < -0.3 is 26.5 Å². The summed E-state index contributed by atoms with van der Waals surface area (Å²) in [5.74, 6) is 0. The molecule has 3 atom stereocenters. The molecule has 6 N–H and O–H groups in total. The van der Waals surface area contributed by atoms with Crippen LogP contribution in [0, 0.1) is 0 Å². The van der Waals surface area contributed by atoms with E-state index in [1.165, 1.54) is 0 Å². The minimum Gasteiger partial charge on any atom is -0.395 e. The molecule has 0 rings (SSSR count). The van der Waals surface area contributed by atoms with E-state index in [9.17, 15) is 4.79 Å². The van der Waals surface area contributed by atoms with E-state index in [1.807, 2.05) is 0 Å². The molecule has 3 unspecified atom stereocenters. The predicted molar refractivity (Wildman–Crippen MR) is 35.1 cm³/mol. The Balaban J connectivity index is 3.80. The van der Waals surface area contributed by atoms with E-state index in [1.54, 1.807) is 0 Å². The smallest absolute Gasteiger partial charge is 0.139 e. The van der Waals surface area contributed by atoms with Gasteiger partial charge in [-0.2, -0.15) is 0 Å². The minimum atomic E-state index is -1.16. The highest BCUT2D eigenvalue weighted by Gasteiger charge is 2.20.